The summed E-state index contributed by atoms with van der Waals surface area (Å²) in [4.78, 5) is 24.0. The molecule has 0 unspecified atom stereocenters. The van der Waals surface area contributed by atoms with Gasteiger partial charge in [-0.25, -0.2) is 5.43 Å². The van der Waals surface area contributed by atoms with E-state index in [2.05, 4.69) is 10.5 Å². The second-order valence-corrected chi connectivity index (χ2v) is 5.69. The number of hydrazone groups is 1. The van der Waals surface area contributed by atoms with Crippen LogP contribution in [-0.4, -0.2) is 54.8 Å². The van der Waals surface area contributed by atoms with Crippen LogP contribution in [0.25, 0.3) is 11.3 Å². The molecule has 2 heterocycles. The zero-order chi connectivity index (χ0) is 18.4. The molecule has 0 atom stereocenters. The number of nitro benzene ring substituents is 1. The molecule has 1 aliphatic heterocycles. The molecule has 0 spiro atoms. The second kappa shape index (κ2) is 8.37. The predicted molar refractivity (Wildman–Crippen MR) is 93.8 cm³/mol. The average molecular weight is 358 g/mol. The smallest absolute Gasteiger partial charge is 0.269 e. The summed E-state index contributed by atoms with van der Waals surface area (Å²) in [7, 11) is 0. The molecule has 1 fully saturated rings. The van der Waals surface area contributed by atoms with Gasteiger partial charge in [0.05, 0.1) is 30.9 Å². The van der Waals surface area contributed by atoms with Crippen LogP contribution in [0.15, 0.2) is 45.9 Å². The maximum absolute atomic E-state index is 11.8. The fourth-order valence-electron chi connectivity index (χ4n) is 2.49. The third kappa shape index (κ3) is 4.74. The minimum Gasteiger partial charge on any atom is -0.455 e. The quantitative estimate of drug-likeness (QED) is 0.477. The third-order valence-corrected chi connectivity index (χ3v) is 3.84. The number of ether oxygens (including phenoxy) is 1. The lowest BCUT2D eigenvalue weighted by atomic mass is 10.1. The molecule has 9 nitrogen and oxygen atoms in total. The Hall–Kier alpha value is -3.04. The zero-order valence-electron chi connectivity index (χ0n) is 14.0. The van der Waals surface area contributed by atoms with Gasteiger partial charge in [0.1, 0.15) is 11.5 Å². The molecular formula is C17H18N4O5. The molecule has 0 bridgehead atoms. The molecule has 26 heavy (non-hydrogen) atoms. The third-order valence-electron chi connectivity index (χ3n) is 3.84. The molecule has 1 N–H and O–H groups in total. The van der Waals surface area contributed by atoms with Crippen LogP contribution in [0.5, 0.6) is 0 Å². The van der Waals surface area contributed by atoms with Gasteiger partial charge in [0, 0.05) is 30.8 Å². The van der Waals surface area contributed by atoms with Crippen LogP contribution in [-0.2, 0) is 9.53 Å². The van der Waals surface area contributed by atoms with E-state index in [1.54, 1.807) is 24.3 Å². The first-order valence-corrected chi connectivity index (χ1v) is 8.08. The van der Waals surface area contributed by atoms with E-state index in [1.807, 2.05) is 4.90 Å². The molecule has 0 aliphatic carbocycles. The van der Waals surface area contributed by atoms with E-state index < -0.39 is 4.92 Å². The number of carbonyl (C=O) groups is 1. The lowest BCUT2D eigenvalue weighted by Crippen LogP contribution is -2.42. The van der Waals surface area contributed by atoms with Gasteiger partial charge in [-0.2, -0.15) is 5.10 Å². The lowest BCUT2D eigenvalue weighted by Gasteiger charge is -2.25. The van der Waals surface area contributed by atoms with Crippen LogP contribution in [0.3, 0.4) is 0 Å². The number of amides is 1. The number of furan rings is 1. The van der Waals surface area contributed by atoms with Crippen LogP contribution in [0, 0.1) is 10.1 Å². The van der Waals surface area contributed by atoms with E-state index in [-0.39, 0.29) is 18.1 Å². The zero-order valence-corrected chi connectivity index (χ0v) is 14.0. The van der Waals surface area contributed by atoms with Crippen molar-refractivity contribution in [2.24, 2.45) is 5.10 Å². The maximum Gasteiger partial charge on any atom is 0.269 e. The molecular weight excluding hydrogens is 340 g/mol. The fraction of sp³-hybridized carbons (Fsp3) is 0.294. The Balaban J connectivity index is 1.53. The largest absolute Gasteiger partial charge is 0.455 e. The number of morpholine rings is 1. The van der Waals surface area contributed by atoms with Crippen LogP contribution >= 0.6 is 0 Å². The molecule has 2 aromatic rings. The number of non-ortho nitro benzene ring substituents is 1. The number of nitrogens with zero attached hydrogens (tertiary/aromatic N) is 3. The van der Waals surface area contributed by atoms with Crippen LogP contribution < -0.4 is 5.43 Å². The maximum atomic E-state index is 11.8. The average Bonchev–Trinajstić information content (AvgIpc) is 3.11. The SMILES string of the molecule is O=C(CN1CCOCC1)N/N=C/c1ccc(-c2ccc([N+](=O)[O-])cc2)o1. The number of benzene rings is 1. The molecule has 1 aromatic carbocycles. The monoisotopic (exact) mass is 358 g/mol. The number of rotatable bonds is 6. The summed E-state index contributed by atoms with van der Waals surface area (Å²) in [5.41, 5.74) is 3.19. The van der Waals surface area contributed by atoms with Gasteiger partial charge >= 0.3 is 0 Å². The molecule has 1 aromatic heterocycles. The Morgan fingerprint density at radius 2 is 1.96 bits per heavy atom. The fourth-order valence-corrected chi connectivity index (χ4v) is 2.49. The van der Waals surface area contributed by atoms with Gasteiger partial charge in [0.25, 0.3) is 11.6 Å². The number of hydrogen-bond acceptors (Lipinski definition) is 7. The van der Waals surface area contributed by atoms with Crippen molar-refractivity contribution < 1.29 is 18.9 Å². The molecule has 3 rings (SSSR count). The highest BCUT2D eigenvalue weighted by molar-refractivity contribution is 5.82. The van der Waals surface area contributed by atoms with Gasteiger partial charge < -0.3 is 9.15 Å². The topological polar surface area (TPSA) is 110 Å². The highest BCUT2D eigenvalue weighted by atomic mass is 16.6. The molecule has 1 amide bonds. The molecule has 1 aliphatic rings. The molecule has 0 saturated carbocycles. The van der Waals surface area contributed by atoms with E-state index in [0.29, 0.717) is 30.3 Å². The Labute approximate surface area is 149 Å². The summed E-state index contributed by atoms with van der Waals surface area (Å²) in [6.07, 6.45) is 1.41. The van der Waals surface area contributed by atoms with Gasteiger partial charge in [-0.3, -0.25) is 19.8 Å². The van der Waals surface area contributed by atoms with Crippen molar-refractivity contribution in [2.45, 2.75) is 0 Å². The molecule has 1 saturated heterocycles. The first-order valence-electron chi connectivity index (χ1n) is 8.08. The molecule has 9 heteroatoms. The summed E-state index contributed by atoms with van der Waals surface area (Å²) >= 11 is 0. The highest BCUT2D eigenvalue weighted by Gasteiger charge is 2.13. The van der Waals surface area contributed by atoms with Crippen molar-refractivity contribution in [1.82, 2.24) is 10.3 Å². The van der Waals surface area contributed by atoms with E-state index >= 15 is 0 Å². The molecule has 136 valence electrons. The molecule has 0 radical (unpaired) electrons. The van der Waals surface area contributed by atoms with E-state index in [0.717, 1.165) is 13.1 Å². The van der Waals surface area contributed by atoms with Crippen molar-refractivity contribution in [3.63, 3.8) is 0 Å². The normalized spacial score (nSPS) is 15.2. The minimum absolute atomic E-state index is 0.0186. The van der Waals surface area contributed by atoms with Gasteiger partial charge in [0.15, 0.2) is 0 Å². The second-order valence-electron chi connectivity index (χ2n) is 5.69. The van der Waals surface area contributed by atoms with E-state index in [1.165, 1.54) is 18.3 Å². The van der Waals surface area contributed by atoms with Crippen molar-refractivity contribution in [3.05, 3.63) is 52.3 Å². The van der Waals surface area contributed by atoms with E-state index in [9.17, 15) is 14.9 Å². The van der Waals surface area contributed by atoms with Gasteiger partial charge in [-0.15, -0.1) is 0 Å². The first-order chi connectivity index (χ1) is 12.6. The van der Waals surface area contributed by atoms with Gasteiger partial charge in [0.2, 0.25) is 0 Å². The number of hydrogen-bond donors (Lipinski definition) is 1. The Morgan fingerprint density at radius 3 is 2.65 bits per heavy atom. The highest BCUT2D eigenvalue weighted by Crippen LogP contribution is 2.23. The summed E-state index contributed by atoms with van der Waals surface area (Å²) in [6, 6.07) is 9.49. The summed E-state index contributed by atoms with van der Waals surface area (Å²) in [5, 5.41) is 14.6. The summed E-state index contributed by atoms with van der Waals surface area (Å²) in [5.74, 6) is 0.816. The van der Waals surface area contributed by atoms with Crippen molar-refractivity contribution >= 4 is 17.8 Å². The van der Waals surface area contributed by atoms with Crippen LogP contribution in [0.4, 0.5) is 5.69 Å². The summed E-state index contributed by atoms with van der Waals surface area (Å²) < 4.78 is 10.8. The van der Waals surface area contributed by atoms with Gasteiger partial charge in [-0.05, 0) is 24.3 Å². The van der Waals surface area contributed by atoms with Crippen LogP contribution in [0.2, 0.25) is 0 Å². The number of carbonyl (C=O) groups excluding carboxylic acids is 1. The lowest BCUT2D eigenvalue weighted by molar-refractivity contribution is -0.384. The summed E-state index contributed by atoms with van der Waals surface area (Å²) in [6.45, 7) is 3.00. The Morgan fingerprint density at radius 1 is 1.23 bits per heavy atom. The Bertz CT molecular complexity index is 794. The van der Waals surface area contributed by atoms with Gasteiger partial charge in [-0.1, -0.05) is 0 Å². The van der Waals surface area contributed by atoms with E-state index in [4.69, 9.17) is 9.15 Å². The standard InChI is InChI=1S/C17H18N4O5/c22-17(12-20-7-9-25-10-8-20)19-18-11-15-5-6-16(26-15)13-1-3-14(4-2-13)21(23)24/h1-6,11H,7-10,12H2,(H,19,22)/b18-11+. The minimum atomic E-state index is -0.455. The predicted octanol–water partition coefficient (Wildman–Crippen LogP) is 1.64. The number of nitrogens with one attached hydrogen (secondary N) is 1. The van der Waals surface area contributed by atoms with Crippen LogP contribution in [0.1, 0.15) is 5.76 Å². The van der Waals surface area contributed by atoms with Crippen molar-refractivity contribution in [3.8, 4) is 11.3 Å². The van der Waals surface area contributed by atoms with Crippen molar-refractivity contribution in [2.75, 3.05) is 32.8 Å². The van der Waals surface area contributed by atoms with Crippen molar-refractivity contribution in [1.29, 1.82) is 0 Å². The number of nitro groups is 1. The Kier molecular flexibility index (Phi) is 5.72. The first kappa shape index (κ1) is 17.8.